The van der Waals surface area contributed by atoms with Crippen molar-refractivity contribution in [2.75, 3.05) is 26.7 Å². The van der Waals surface area contributed by atoms with E-state index in [2.05, 4.69) is 35.7 Å². The highest BCUT2D eigenvalue weighted by molar-refractivity contribution is 6.99. The summed E-state index contributed by atoms with van der Waals surface area (Å²) in [5, 5.41) is 0. The summed E-state index contributed by atoms with van der Waals surface area (Å²) >= 11 is 6.76. The molecule has 2 rings (SSSR count). The number of likely N-dealkylation sites (N-methyl/N-ethyl adjacent to an activating group) is 1. The second-order valence-electron chi connectivity index (χ2n) is 10.6. The van der Waals surface area contributed by atoms with E-state index in [1.807, 2.05) is 20.8 Å². The van der Waals surface area contributed by atoms with Gasteiger partial charge in [-0.05, 0) is 12.8 Å². The van der Waals surface area contributed by atoms with Crippen LogP contribution in [0.1, 0.15) is 99.1 Å². The van der Waals surface area contributed by atoms with Crippen LogP contribution >= 0.6 is 23.3 Å². The van der Waals surface area contributed by atoms with Gasteiger partial charge in [0.05, 0.1) is 43.8 Å². The van der Waals surface area contributed by atoms with Gasteiger partial charge in [-0.25, -0.2) is 0 Å². The molecule has 11 heteroatoms. The number of aromatic nitrogens is 2. The Morgan fingerprint density at radius 2 is 1.64 bits per heavy atom. The molecule has 0 amide bonds. The van der Waals surface area contributed by atoms with E-state index in [0.717, 1.165) is 43.6 Å². The molecule has 0 fully saturated rings. The molecule has 1 aliphatic heterocycles. The predicted molar refractivity (Wildman–Crippen MR) is 154 cm³/mol. The Hall–Kier alpha value is -1.42. The standard InChI is InChI=1S/C21H36N3O3S.C7H13ClO2.ClH/c1-6-8-9-10-14-26-20-19(22-28-23-20)17-12-11-13-24(5,15-17)18(7-2)27-21(25)16(3)4;1-4-6(8)10-7(9)5(2)3;/h12,16,18H,6-11,13-15H2,1-5H3;5-6H,4H2,1-3H3;1H/q+1;;/p-1. The summed E-state index contributed by atoms with van der Waals surface area (Å²) in [6, 6.07) is 0. The number of carbonyl (C=O) groups is 2. The van der Waals surface area contributed by atoms with Crippen molar-refractivity contribution in [2.45, 2.75) is 105 Å². The minimum absolute atomic E-state index is 0. The number of hydrogen-bond acceptors (Lipinski definition) is 8. The number of halogens is 2. The molecule has 1 aliphatic rings. The average molecular weight is 611 g/mol. The molecule has 8 nitrogen and oxygen atoms in total. The molecule has 0 aliphatic carbocycles. The third kappa shape index (κ3) is 13.2. The Kier molecular flexibility index (Phi) is 18.9. The maximum Gasteiger partial charge on any atom is 0.312 e. The van der Waals surface area contributed by atoms with Gasteiger partial charge in [0.25, 0.3) is 5.88 Å². The Morgan fingerprint density at radius 3 is 2.21 bits per heavy atom. The van der Waals surface area contributed by atoms with Crippen molar-refractivity contribution in [3.63, 3.8) is 0 Å². The number of esters is 2. The number of hydrogen-bond donors (Lipinski definition) is 0. The van der Waals surface area contributed by atoms with Crippen LogP contribution in [0.2, 0.25) is 0 Å². The van der Waals surface area contributed by atoms with E-state index in [1.54, 1.807) is 13.8 Å². The van der Waals surface area contributed by atoms with Crippen LogP contribution in [0.4, 0.5) is 0 Å². The van der Waals surface area contributed by atoms with Crippen molar-refractivity contribution in [2.24, 2.45) is 11.8 Å². The molecule has 0 spiro atoms. The highest BCUT2D eigenvalue weighted by Crippen LogP contribution is 2.32. The van der Waals surface area contributed by atoms with Crippen LogP contribution in [0, 0.1) is 11.8 Å². The van der Waals surface area contributed by atoms with Gasteiger partial charge in [-0.1, -0.05) is 85.4 Å². The third-order valence-electron chi connectivity index (χ3n) is 6.37. The van der Waals surface area contributed by atoms with E-state index in [-0.39, 0.29) is 42.4 Å². The van der Waals surface area contributed by atoms with Crippen molar-refractivity contribution in [3.05, 3.63) is 11.8 Å². The Balaban J connectivity index is 0.00000112. The lowest BCUT2D eigenvalue weighted by molar-refractivity contribution is -0.947. The Labute approximate surface area is 251 Å². The van der Waals surface area contributed by atoms with E-state index in [0.29, 0.717) is 23.4 Å². The first kappa shape index (κ1) is 37.6. The second-order valence-corrected chi connectivity index (χ2v) is 11.6. The molecule has 226 valence electrons. The highest BCUT2D eigenvalue weighted by atomic mass is 35.5. The summed E-state index contributed by atoms with van der Waals surface area (Å²) in [5.41, 5.74) is 1.54. The van der Waals surface area contributed by atoms with Gasteiger partial charge in [0.2, 0.25) is 6.23 Å². The van der Waals surface area contributed by atoms with Gasteiger partial charge in [-0.3, -0.25) is 14.1 Å². The van der Waals surface area contributed by atoms with Gasteiger partial charge in [0.15, 0.2) is 5.56 Å². The Bertz CT molecular complexity index is 881. The Morgan fingerprint density at radius 1 is 1.00 bits per heavy atom. The number of quaternary nitrogens is 1. The smallest absolute Gasteiger partial charge is 0.312 e. The summed E-state index contributed by atoms with van der Waals surface area (Å²) in [6.45, 7) is 15.9. The first-order valence-corrected chi connectivity index (χ1v) is 15.2. The summed E-state index contributed by atoms with van der Waals surface area (Å²) < 4.78 is 26.1. The normalized spacial score (nSPS) is 18.3. The molecule has 0 bridgehead atoms. The largest absolute Gasteiger partial charge is 1.00 e. The highest BCUT2D eigenvalue weighted by Gasteiger charge is 2.38. The molecule has 3 unspecified atom stereocenters. The van der Waals surface area contributed by atoms with Crippen molar-refractivity contribution >= 4 is 40.8 Å². The predicted octanol–water partition coefficient (Wildman–Crippen LogP) is 3.83. The maximum atomic E-state index is 12.2. The molecule has 0 saturated heterocycles. The van der Waals surface area contributed by atoms with Crippen molar-refractivity contribution in [1.29, 1.82) is 0 Å². The molecule has 0 saturated carbocycles. The van der Waals surface area contributed by atoms with E-state index in [1.165, 1.54) is 31.0 Å². The van der Waals surface area contributed by atoms with E-state index < -0.39 is 5.56 Å². The van der Waals surface area contributed by atoms with Crippen LogP contribution in [-0.4, -0.2) is 63.7 Å². The van der Waals surface area contributed by atoms with Gasteiger partial charge in [0, 0.05) is 18.4 Å². The maximum absolute atomic E-state index is 12.2. The summed E-state index contributed by atoms with van der Waals surface area (Å²) in [6.07, 6.45) is 9.13. The molecule has 0 N–H and O–H groups in total. The van der Waals surface area contributed by atoms with E-state index in [4.69, 9.17) is 25.8 Å². The van der Waals surface area contributed by atoms with Crippen LogP contribution in [0.25, 0.3) is 5.57 Å². The fourth-order valence-electron chi connectivity index (χ4n) is 3.92. The minimum atomic E-state index is -0.463. The topological polar surface area (TPSA) is 87.6 Å². The zero-order chi connectivity index (χ0) is 28.7. The SMILES string of the molecule is CCC(Cl)OC(=O)C(C)C.CCCCCCOc1nsnc1C1=CCC[N+](C)(C(CC)OC(=O)C(C)C)C1.[Cl-]. The van der Waals surface area contributed by atoms with Gasteiger partial charge in [-0.15, -0.1) is 4.37 Å². The number of rotatable bonds is 14. The molecule has 1 aromatic heterocycles. The van der Waals surface area contributed by atoms with Crippen LogP contribution in [0.5, 0.6) is 5.88 Å². The van der Waals surface area contributed by atoms with Crippen molar-refractivity contribution < 1.29 is 40.7 Å². The monoisotopic (exact) mass is 609 g/mol. The number of ether oxygens (including phenoxy) is 3. The van der Waals surface area contributed by atoms with E-state index >= 15 is 0 Å². The van der Waals surface area contributed by atoms with Crippen LogP contribution in [-0.2, 0) is 19.1 Å². The quantitative estimate of drug-likeness (QED) is 0.137. The molecule has 39 heavy (non-hydrogen) atoms. The molecule has 0 radical (unpaired) electrons. The fourth-order valence-corrected chi connectivity index (χ4v) is 4.54. The average Bonchev–Trinajstić information content (AvgIpc) is 3.35. The summed E-state index contributed by atoms with van der Waals surface area (Å²) in [7, 11) is 2.17. The van der Waals surface area contributed by atoms with Gasteiger partial charge in [0.1, 0.15) is 12.2 Å². The molecule has 1 aromatic rings. The van der Waals surface area contributed by atoms with Gasteiger partial charge in [-0.2, -0.15) is 4.37 Å². The van der Waals surface area contributed by atoms with Gasteiger partial charge < -0.3 is 26.6 Å². The minimum Gasteiger partial charge on any atom is -1.00 e. The second kappa shape index (κ2) is 19.6. The van der Waals surface area contributed by atoms with Gasteiger partial charge >= 0.3 is 11.9 Å². The van der Waals surface area contributed by atoms with E-state index in [9.17, 15) is 9.59 Å². The molecule has 3 atom stereocenters. The first-order valence-electron chi connectivity index (χ1n) is 14.0. The number of alkyl halides is 1. The summed E-state index contributed by atoms with van der Waals surface area (Å²) in [5.74, 6) is 0.0766. The first-order chi connectivity index (χ1) is 18.0. The van der Waals surface area contributed by atoms with Crippen molar-refractivity contribution in [1.82, 2.24) is 8.75 Å². The lowest BCUT2D eigenvalue weighted by atomic mass is 10.0. The zero-order valence-electron chi connectivity index (χ0n) is 25.0. The lowest BCUT2D eigenvalue weighted by Crippen LogP contribution is -3.00. The molecular formula is C28H49Cl2N3O5S. The lowest BCUT2D eigenvalue weighted by Gasteiger charge is -2.42. The van der Waals surface area contributed by atoms with Crippen LogP contribution in [0.3, 0.4) is 0 Å². The number of carbonyl (C=O) groups excluding carboxylic acids is 2. The molecule has 0 aromatic carbocycles. The third-order valence-corrected chi connectivity index (χ3v) is 7.28. The number of unbranched alkanes of at least 4 members (excludes halogenated alkanes) is 3. The molecular weight excluding hydrogens is 561 g/mol. The van der Waals surface area contributed by atoms with Crippen LogP contribution in [0.15, 0.2) is 6.08 Å². The number of nitrogens with zero attached hydrogens (tertiary/aromatic N) is 3. The fraction of sp³-hybridized carbons (Fsp3) is 0.786. The van der Waals surface area contributed by atoms with Crippen molar-refractivity contribution in [3.8, 4) is 5.88 Å². The zero-order valence-corrected chi connectivity index (χ0v) is 27.3. The molecule has 2 heterocycles. The summed E-state index contributed by atoms with van der Waals surface area (Å²) in [4.78, 5) is 23.0. The van der Waals surface area contributed by atoms with Crippen LogP contribution < -0.4 is 17.1 Å².